The van der Waals surface area contributed by atoms with Gasteiger partial charge in [-0.15, -0.1) is 0 Å². The van der Waals surface area contributed by atoms with Crippen molar-refractivity contribution < 1.29 is 0 Å². The van der Waals surface area contributed by atoms with Gasteiger partial charge in [-0.05, 0) is 70.4 Å². The van der Waals surface area contributed by atoms with Gasteiger partial charge in [0.05, 0.1) is 0 Å². The van der Waals surface area contributed by atoms with E-state index in [2.05, 4.69) is 24.2 Å². The highest BCUT2D eigenvalue weighted by atomic mass is 15.1. The van der Waals surface area contributed by atoms with Crippen LogP contribution in [0.5, 0.6) is 0 Å². The van der Waals surface area contributed by atoms with Gasteiger partial charge in [0.25, 0.3) is 0 Å². The fraction of sp³-hybridized carbons (Fsp3) is 1.00. The third-order valence-corrected chi connectivity index (χ3v) is 5.56. The number of likely N-dealkylation sites (tertiary alicyclic amines) is 1. The van der Waals surface area contributed by atoms with Crippen molar-refractivity contribution in [1.29, 1.82) is 0 Å². The Morgan fingerprint density at radius 2 is 2.06 bits per heavy atom. The lowest BCUT2D eigenvalue weighted by Gasteiger charge is -2.36. The van der Waals surface area contributed by atoms with Gasteiger partial charge in [-0.2, -0.15) is 0 Å². The van der Waals surface area contributed by atoms with E-state index in [0.717, 1.165) is 29.8 Å². The highest BCUT2D eigenvalue weighted by Crippen LogP contribution is 2.49. The van der Waals surface area contributed by atoms with Gasteiger partial charge in [0, 0.05) is 18.6 Å². The van der Waals surface area contributed by atoms with Gasteiger partial charge in [0.2, 0.25) is 0 Å². The van der Waals surface area contributed by atoms with Crippen LogP contribution in [-0.4, -0.2) is 37.1 Å². The van der Waals surface area contributed by atoms with E-state index >= 15 is 0 Å². The Balaban J connectivity index is 1.51. The molecule has 0 spiro atoms. The molecular formula is C15H28N2. The molecule has 3 fully saturated rings. The first-order chi connectivity index (χ1) is 8.22. The Morgan fingerprint density at radius 1 is 1.18 bits per heavy atom. The van der Waals surface area contributed by atoms with Gasteiger partial charge in [-0.25, -0.2) is 0 Å². The Labute approximate surface area is 106 Å². The zero-order chi connectivity index (χ0) is 11.8. The monoisotopic (exact) mass is 236 g/mol. The van der Waals surface area contributed by atoms with Gasteiger partial charge in [0.1, 0.15) is 0 Å². The van der Waals surface area contributed by atoms with E-state index in [1.165, 1.54) is 45.2 Å². The molecule has 1 heterocycles. The molecule has 2 bridgehead atoms. The van der Waals surface area contributed by atoms with Crippen molar-refractivity contribution in [3.05, 3.63) is 0 Å². The highest BCUT2D eigenvalue weighted by Gasteiger charge is 2.42. The number of fused-ring (bicyclic) bond motifs is 2. The van der Waals surface area contributed by atoms with E-state index < -0.39 is 0 Å². The number of hydrogen-bond acceptors (Lipinski definition) is 2. The topological polar surface area (TPSA) is 15.3 Å². The molecule has 1 saturated heterocycles. The SMILES string of the molecule is CC(NC1CCCN(C)C1)C1CC2CCC1C2. The lowest BCUT2D eigenvalue weighted by atomic mass is 9.83. The number of rotatable bonds is 3. The standard InChI is InChI=1S/C15H28N2/c1-11(15-9-12-5-6-13(15)8-12)16-14-4-3-7-17(2)10-14/h11-16H,3-10H2,1-2H3. The molecule has 5 atom stereocenters. The van der Waals surface area contributed by atoms with Crippen molar-refractivity contribution in [2.24, 2.45) is 17.8 Å². The van der Waals surface area contributed by atoms with Crippen LogP contribution >= 0.6 is 0 Å². The van der Waals surface area contributed by atoms with Crippen LogP contribution in [0.3, 0.4) is 0 Å². The molecule has 0 radical (unpaired) electrons. The molecule has 0 aromatic carbocycles. The van der Waals surface area contributed by atoms with Crippen LogP contribution in [0.4, 0.5) is 0 Å². The minimum Gasteiger partial charge on any atom is -0.310 e. The molecule has 2 saturated carbocycles. The number of piperidine rings is 1. The van der Waals surface area contributed by atoms with Gasteiger partial charge in [-0.3, -0.25) is 0 Å². The molecule has 0 amide bonds. The van der Waals surface area contributed by atoms with Gasteiger partial charge >= 0.3 is 0 Å². The van der Waals surface area contributed by atoms with Crippen LogP contribution in [0, 0.1) is 17.8 Å². The lowest BCUT2D eigenvalue weighted by Crippen LogP contribution is -2.49. The summed E-state index contributed by atoms with van der Waals surface area (Å²) < 4.78 is 0. The Hall–Kier alpha value is -0.0800. The van der Waals surface area contributed by atoms with Gasteiger partial charge < -0.3 is 10.2 Å². The third-order valence-electron chi connectivity index (χ3n) is 5.56. The van der Waals surface area contributed by atoms with E-state index in [9.17, 15) is 0 Å². The van der Waals surface area contributed by atoms with Crippen molar-refractivity contribution >= 4 is 0 Å². The molecule has 1 aliphatic heterocycles. The van der Waals surface area contributed by atoms with Crippen molar-refractivity contribution in [2.45, 2.75) is 57.5 Å². The maximum atomic E-state index is 3.93. The van der Waals surface area contributed by atoms with Crippen LogP contribution in [-0.2, 0) is 0 Å². The zero-order valence-electron chi connectivity index (χ0n) is 11.5. The second-order valence-corrected chi connectivity index (χ2v) is 6.90. The van der Waals surface area contributed by atoms with Crippen molar-refractivity contribution in [1.82, 2.24) is 10.2 Å². The summed E-state index contributed by atoms with van der Waals surface area (Å²) in [6, 6.07) is 1.50. The molecule has 1 N–H and O–H groups in total. The van der Waals surface area contributed by atoms with E-state index in [1.54, 1.807) is 6.42 Å². The number of likely N-dealkylation sites (N-methyl/N-ethyl adjacent to an activating group) is 1. The number of nitrogens with one attached hydrogen (secondary N) is 1. The first-order valence-electron chi connectivity index (χ1n) is 7.67. The van der Waals surface area contributed by atoms with Gasteiger partial charge in [0.15, 0.2) is 0 Å². The minimum atomic E-state index is 0.752. The zero-order valence-corrected chi connectivity index (χ0v) is 11.5. The molecule has 0 aromatic rings. The fourth-order valence-electron chi connectivity index (χ4n) is 4.70. The van der Waals surface area contributed by atoms with Gasteiger partial charge in [-0.1, -0.05) is 6.42 Å². The molecule has 0 aromatic heterocycles. The summed E-state index contributed by atoms with van der Waals surface area (Å²) in [5.74, 6) is 3.13. The van der Waals surface area contributed by atoms with Crippen molar-refractivity contribution in [3.8, 4) is 0 Å². The average Bonchev–Trinajstić information content (AvgIpc) is 2.90. The molecule has 98 valence electrons. The van der Waals surface area contributed by atoms with Crippen molar-refractivity contribution in [3.63, 3.8) is 0 Å². The normalized spacial score (nSPS) is 44.1. The summed E-state index contributed by atoms with van der Waals surface area (Å²) in [5, 5.41) is 3.93. The lowest BCUT2D eigenvalue weighted by molar-refractivity contribution is 0.185. The molecule has 3 aliphatic rings. The second-order valence-electron chi connectivity index (χ2n) is 6.90. The number of nitrogens with zero attached hydrogens (tertiary/aromatic N) is 1. The molecule has 2 heteroatoms. The second kappa shape index (κ2) is 4.89. The van der Waals surface area contributed by atoms with Crippen LogP contribution in [0.1, 0.15) is 45.4 Å². The summed E-state index contributed by atoms with van der Waals surface area (Å²) in [4.78, 5) is 2.48. The summed E-state index contributed by atoms with van der Waals surface area (Å²) in [6.07, 6.45) is 8.86. The Morgan fingerprint density at radius 3 is 2.71 bits per heavy atom. The Kier molecular flexibility index (Phi) is 3.45. The molecule has 3 rings (SSSR count). The average molecular weight is 236 g/mol. The highest BCUT2D eigenvalue weighted by molar-refractivity contribution is 4.95. The summed E-state index contributed by atoms with van der Waals surface area (Å²) in [7, 11) is 2.26. The molecule has 17 heavy (non-hydrogen) atoms. The number of hydrogen-bond donors (Lipinski definition) is 1. The molecule has 5 unspecified atom stereocenters. The van der Waals surface area contributed by atoms with E-state index in [0.29, 0.717) is 0 Å². The molecule has 2 nitrogen and oxygen atoms in total. The third kappa shape index (κ3) is 2.53. The molecular weight excluding hydrogens is 208 g/mol. The molecule has 2 aliphatic carbocycles. The minimum absolute atomic E-state index is 0.752. The quantitative estimate of drug-likeness (QED) is 0.810. The maximum Gasteiger partial charge on any atom is 0.0197 e. The first-order valence-corrected chi connectivity index (χ1v) is 7.67. The maximum absolute atomic E-state index is 3.93. The summed E-state index contributed by atoms with van der Waals surface area (Å²) in [5.41, 5.74) is 0. The largest absolute Gasteiger partial charge is 0.310 e. The van der Waals surface area contributed by atoms with E-state index in [-0.39, 0.29) is 0 Å². The summed E-state index contributed by atoms with van der Waals surface area (Å²) in [6.45, 7) is 4.99. The van der Waals surface area contributed by atoms with Crippen LogP contribution in [0.15, 0.2) is 0 Å². The van der Waals surface area contributed by atoms with E-state index in [4.69, 9.17) is 0 Å². The summed E-state index contributed by atoms with van der Waals surface area (Å²) >= 11 is 0. The van der Waals surface area contributed by atoms with Crippen LogP contribution < -0.4 is 5.32 Å². The predicted molar refractivity (Wildman–Crippen MR) is 72.1 cm³/mol. The fourth-order valence-corrected chi connectivity index (χ4v) is 4.70. The van der Waals surface area contributed by atoms with Crippen molar-refractivity contribution in [2.75, 3.05) is 20.1 Å². The van der Waals surface area contributed by atoms with Crippen LogP contribution in [0.2, 0.25) is 0 Å². The first kappa shape index (κ1) is 12.0. The Bertz CT molecular complexity index is 266. The smallest absolute Gasteiger partial charge is 0.0197 e. The predicted octanol–water partition coefficient (Wildman–Crippen LogP) is 2.49. The van der Waals surface area contributed by atoms with Crippen LogP contribution in [0.25, 0.3) is 0 Å². The van der Waals surface area contributed by atoms with E-state index in [1.807, 2.05) is 0 Å².